The fourth-order valence-corrected chi connectivity index (χ4v) is 3.06. The maximum Gasteiger partial charge on any atom is 0.170 e. The third-order valence-corrected chi connectivity index (χ3v) is 4.24. The predicted octanol–water partition coefficient (Wildman–Crippen LogP) is 2.32. The molecule has 5 nitrogen and oxygen atoms in total. The second-order valence-electron chi connectivity index (χ2n) is 5.93. The smallest absolute Gasteiger partial charge is 0.170 e. The zero-order valence-electron chi connectivity index (χ0n) is 12.8. The van der Waals surface area contributed by atoms with E-state index >= 15 is 0 Å². The lowest BCUT2D eigenvalue weighted by molar-refractivity contribution is 0.318. The van der Waals surface area contributed by atoms with Gasteiger partial charge in [-0.25, -0.2) is 0 Å². The topological polar surface area (TPSA) is 79.9 Å². The van der Waals surface area contributed by atoms with Gasteiger partial charge in [0.2, 0.25) is 0 Å². The van der Waals surface area contributed by atoms with Gasteiger partial charge in [0.05, 0.1) is 7.11 Å². The van der Waals surface area contributed by atoms with Crippen molar-refractivity contribution >= 4 is 5.84 Å². The number of amidine groups is 1. The Morgan fingerprint density at radius 2 is 2.29 bits per heavy atom. The maximum absolute atomic E-state index is 8.77. The van der Waals surface area contributed by atoms with Gasteiger partial charge in [0.25, 0.3) is 0 Å². The van der Waals surface area contributed by atoms with Gasteiger partial charge in [-0.3, -0.25) is 0 Å². The van der Waals surface area contributed by atoms with E-state index in [1.54, 1.807) is 13.2 Å². The maximum atomic E-state index is 8.77. The van der Waals surface area contributed by atoms with Gasteiger partial charge in [-0.1, -0.05) is 18.5 Å². The van der Waals surface area contributed by atoms with Gasteiger partial charge in [-0.05, 0) is 49.4 Å². The van der Waals surface area contributed by atoms with Gasteiger partial charge in [-0.2, -0.15) is 0 Å². The normalized spacial score (nSPS) is 22.5. The van der Waals surface area contributed by atoms with Crippen LogP contribution in [0.4, 0.5) is 0 Å². The molecule has 0 aliphatic heterocycles. The quantitative estimate of drug-likeness (QED) is 0.325. The molecule has 0 amide bonds. The Hall–Kier alpha value is -1.75. The first-order chi connectivity index (χ1) is 10.1. The molecule has 0 bridgehead atoms. The largest absolute Gasteiger partial charge is 0.496 e. The van der Waals surface area contributed by atoms with E-state index in [0.29, 0.717) is 5.56 Å². The molecule has 1 saturated carbocycles. The number of oxime groups is 1. The van der Waals surface area contributed by atoms with Crippen LogP contribution < -0.4 is 15.8 Å². The van der Waals surface area contributed by atoms with E-state index in [0.717, 1.165) is 36.2 Å². The van der Waals surface area contributed by atoms with Crippen molar-refractivity contribution in [2.24, 2.45) is 22.7 Å². The highest BCUT2D eigenvalue weighted by molar-refractivity contribution is 5.97. The molecule has 2 atom stereocenters. The number of nitrogens with two attached hydrogens (primary N) is 1. The molecule has 0 spiro atoms. The lowest BCUT2D eigenvalue weighted by Gasteiger charge is -2.14. The van der Waals surface area contributed by atoms with E-state index in [1.165, 1.54) is 19.3 Å². The molecular formula is C16H25N3O2. The van der Waals surface area contributed by atoms with Crippen LogP contribution in [0.15, 0.2) is 23.4 Å². The van der Waals surface area contributed by atoms with Crippen molar-refractivity contribution in [3.63, 3.8) is 0 Å². The Morgan fingerprint density at radius 3 is 2.90 bits per heavy atom. The van der Waals surface area contributed by atoms with Crippen LogP contribution >= 0.6 is 0 Å². The number of hydrogen-bond donors (Lipinski definition) is 3. The Labute approximate surface area is 126 Å². The number of rotatable bonds is 6. The summed E-state index contributed by atoms with van der Waals surface area (Å²) in [6, 6.07) is 5.54. The van der Waals surface area contributed by atoms with Gasteiger partial charge in [0.1, 0.15) is 5.75 Å². The fraction of sp³-hybridized carbons (Fsp3) is 0.562. The van der Waals surface area contributed by atoms with Crippen LogP contribution in [0, 0.1) is 11.8 Å². The summed E-state index contributed by atoms with van der Waals surface area (Å²) in [4.78, 5) is 0. The minimum absolute atomic E-state index is 0.114. The average Bonchev–Trinajstić information content (AvgIpc) is 2.91. The summed E-state index contributed by atoms with van der Waals surface area (Å²) in [6.45, 7) is 4.07. The van der Waals surface area contributed by atoms with E-state index in [4.69, 9.17) is 15.7 Å². The van der Waals surface area contributed by atoms with Crippen molar-refractivity contribution in [1.29, 1.82) is 0 Å². The summed E-state index contributed by atoms with van der Waals surface area (Å²) in [6.07, 6.45) is 3.97. The fourth-order valence-electron chi connectivity index (χ4n) is 3.06. The number of ether oxygens (including phenoxy) is 1. The number of nitrogens with one attached hydrogen (secondary N) is 1. The standard InChI is InChI=1S/C16H25N3O2/c1-11-3-4-12(7-11)9-18-10-14-8-13(16(17)19-20)5-6-15(14)21-2/h5-6,8,11-12,18,20H,3-4,7,9-10H2,1-2H3,(H2,17,19). The van der Waals surface area contributed by atoms with Crippen LogP contribution in [0.3, 0.4) is 0 Å². The molecule has 0 heterocycles. The molecular weight excluding hydrogens is 266 g/mol. The van der Waals surface area contributed by atoms with Crippen molar-refractivity contribution in [1.82, 2.24) is 5.32 Å². The molecule has 0 saturated heterocycles. The van der Waals surface area contributed by atoms with E-state index in [9.17, 15) is 0 Å². The highest BCUT2D eigenvalue weighted by atomic mass is 16.5. The molecule has 5 heteroatoms. The Balaban J connectivity index is 1.97. The molecule has 1 aliphatic rings. The lowest BCUT2D eigenvalue weighted by atomic mass is 10.1. The van der Waals surface area contributed by atoms with Gasteiger partial charge in [0.15, 0.2) is 5.84 Å². The summed E-state index contributed by atoms with van der Waals surface area (Å²) >= 11 is 0. The van der Waals surface area contributed by atoms with Crippen molar-refractivity contribution < 1.29 is 9.94 Å². The molecule has 2 rings (SSSR count). The third kappa shape index (κ3) is 4.11. The molecule has 2 unspecified atom stereocenters. The zero-order chi connectivity index (χ0) is 15.2. The summed E-state index contributed by atoms with van der Waals surface area (Å²) in [5, 5.41) is 15.3. The molecule has 4 N–H and O–H groups in total. The summed E-state index contributed by atoms with van der Waals surface area (Å²) in [7, 11) is 1.65. The minimum Gasteiger partial charge on any atom is -0.496 e. The van der Waals surface area contributed by atoms with Gasteiger partial charge in [-0.15, -0.1) is 0 Å². The first kappa shape index (κ1) is 15.6. The molecule has 0 aromatic heterocycles. The molecule has 1 aliphatic carbocycles. The van der Waals surface area contributed by atoms with Crippen LogP contribution in [-0.2, 0) is 6.54 Å². The predicted molar refractivity (Wildman–Crippen MR) is 83.7 cm³/mol. The second-order valence-corrected chi connectivity index (χ2v) is 5.93. The van der Waals surface area contributed by atoms with Crippen molar-refractivity contribution in [3.05, 3.63) is 29.3 Å². The highest BCUT2D eigenvalue weighted by Crippen LogP contribution is 2.29. The number of hydrogen-bond acceptors (Lipinski definition) is 4. The van der Waals surface area contributed by atoms with Gasteiger partial charge in [0, 0.05) is 17.7 Å². The molecule has 0 radical (unpaired) electrons. The Morgan fingerprint density at radius 1 is 1.48 bits per heavy atom. The van der Waals surface area contributed by atoms with E-state index < -0.39 is 0 Å². The summed E-state index contributed by atoms with van der Waals surface area (Å²) in [5.41, 5.74) is 7.36. The zero-order valence-corrected chi connectivity index (χ0v) is 12.8. The van der Waals surface area contributed by atoms with Crippen LogP contribution in [0.25, 0.3) is 0 Å². The first-order valence-electron chi connectivity index (χ1n) is 7.49. The first-order valence-corrected chi connectivity index (χ1v) is 7.49. The molecule has 116 valence electrons. The monoisotopic (exact) mass is 291 g/mol. The number of benzene rings is 1. The number of nitrogens with zero attached hydrogens (tertiary/aromatic N) is 1. The molecule has 1 aromatic rings. The summed E-state index contributed by atoms with van der Waals surface area (Å²) in [5.74, 6) is 2.56. The average molecular weight is 291 g/mol. The Kier molecular flexibility index (Phi) is 5.44. The van der Waals surface area contributed by atoms with E-state index in [2.05, 4.69) is 17.4 Å². The van der Waals surface area contributed by atoms with Crippen LogP contribution in [0.1, 0.15) is 37.3 Å². The third-order valence-electron chi connectivity index (χ3n) is 4.24. The van der Waals surface area contributed by atoms with Crippen molar-refractivity contribution in [2.75, 3.05) is 13.7 Å². The summed E-state index contributed by atoms with van der Waals surface area (Å²) < 4.78 is 5.37. The minimum atomic E-state index is 0.114. The van der Waals surface area contributed by atoms with E-state index in [1.807, 2.05) is 12.1 Å². The van der Waals surface area contributed by atoms with Crippen LogP contribution in [-0.4, -0.2) is 24.7 Å². The lowest BCUT2D eigenvalue weighted by Crippen LogP contribution is -2.22. The van der Waals surface area contributed by atoms with Crippen LogP contribution in [0.2, 0.25) is 0 Å². The molecule has 21 heavy (non-hydrogen) atoms. The highest BCUT2D eigenvalue weighted by Gasteiger charge is 2.20. The van der Waals surface area contributed by atoms with Crippen molar-refractivity contribution in [3.8, 4) is 5.75 Å². The molecule has 1 aromatic carbocycles. The SMILES string of the molecule is COc1ccc(/C(N)=N/O)cc1CNCC1CCC(C)C1. The molecule has 1 fully saturated rings. The number of methoxy groups -OCH3 is 1. The van der Waals surface area contributed by atoms with Gasteiger partial charge >= 0.3 is 0 Å². The van der Waals surface area contributed by atoms with Crippen LogP contribution in [0.5, 0.6) is 5.75 Å². The van der Waals surface area contributed by atoms with Gasteiger partial charge < -0.3 is 21.0 Å². The second kappa shape index (κ2) is 7.31. The van der Waals surface area contributed by atoms with E-state index in [-0.39, 0.29) is 5.84 Å². The van der Waals surface area contributed by atoms with Crippen molar-refractivity contribution in [2.45, 2.75) is 32.7 Å². The Bertz CT molecular complexity index is 502.